The summed E-state index contributed by atoms with van der Waals surface area (Å²) in [4.78, 5) is 12.0. The molecule has 1 aromatic heterocycles. The zero-order chi connectivity index (χ0) is 14.5. The summed E-state index contributed by atoms with van der Waals surface area (Å²) in [5.74, 6) is 0. The van der Waals surface area contributed by atoms with Gasteiger partial charge in [-0.15, -0.1) is 0 Å². The summed E-state index contributed by atoms with van der Waals surface area (Å²) in [7, 11) is 0. The molecule has 1 heterocycles. The largest absolute Gasteiger partial charge is 0.323 e. The number of benzene rings is 2. The number of nitrogens with one attached hydrogen (secondary N) is 3. The number of para-hydroxylation sites is 1. The van der Waals surface area contributed by atoms with E-state index in [1.807, 2.05) is 54.6 Å². The molecule has 21 heavy (non-hydrogen) atoms. The van der Waals surface area contributed by atoms with Gasteiger partial charge in [0.25, 0.3) is 0 Å². The number of urea groups is 1. The highest BCUT2D eigenvalue weighted by molar-refractivity contribution is 6.02. The van der Waals surface area contributed by atoms with Crippen LogP contribution in [0.3, 0.4) is 0 Å². The van der Waals surface area contributed by atoms with Crippen LogP contribution in [0.5, 0.6) is 0 Å². The molecule has 5 heteroatoms. The Morgan fingerprint density at radius 1 is 0.952 bits per heavy atom. The summed E-state index contributed by atoms with van der Waals surface area (Å²) in [6.07, 6.45) is 3.16. The van der Waals surface area contributed by atoms with Crippen molar-refractivity contribution in [3.8, 4) is 11.1 Å². The Bertz CT molecular complexity index is 723. The lowest BCUT2D eigenvalue weighted by molar-refractivity contribution is 0.262. The molecule has 0 fully saturated rings. The summed E-state index contributed by atoms with van der Waals surface area (Å²) >= 11 is 0. The van der Waals surface area contributed by atoms with Gasteiger partial charge in [0.1, 0.15) is 0 Å². The van der Waals surface area contributed by atoms with Gasteiger partial charge in [0.05, 0.1) is 17.6 Å². The maximum atomic E-state index is 12.0. The Labute approximate surface area is 122 Å². The first kappa shape index (κ1) is 12.9. The number of hydrogen-bond donors (Lipinski definition) is 3. The fraction of sp³-hybridized carbons (Fsp3) is 0. The standard InChI is InChI=1S/C16H14N4O/c21-16(19-13-10-17-18-11-13)20-15-9-5-4-8-14(15)12-6-2-1-3-7-12/h1-11H,(H,17,18)(H2,19,20,21). The second kappa shape index (κ2) is 5.92. The average molecular weight is 278 g/mol. The Hall–Kier alpha value is -3.08. The second-order valence-electron chi connectivity index (χ2n) is 4.48. The SMILES string of the molecule is O=C(Nc1cn[nH]c1)Nc1ccccc1-c1ccccc1. The molecule has 3 rings (SSSR count). The van der Waals surface area contributed by atoms with E-state index < -0.39 is 0 Å². The van der Waals surface area contributed by atoms with E-state index in [1.54, 1.807) is 12.4 Å². The highest BCUT2D eigenvalue weighted by Gasteiger charge is 2.08. The maximum absolute atomic E-state index is 12.0. The van der Waals surface area contributed by atoms with Crippen LogP contribution >= 0.6 is 0 Å². The van der Waals surface area contributed by atoms with Crippen molar-refractivity contribution in [2.45, 2.75) is 0 Å². The van der Waals surface area contributed by atoms with Crippen molar-refractivity contribution in [2.75, 3.05) is 10.6 Å². The summed E-state index contributed by atoms with van der Waals surface area (Å²) in [5, 5.41) is 12.0. The van der Waals surface area contributed by atoms with Crippen LogP contribution in [-0.4, -0.2) is 16.2 Å². The Morgan fingerprint density at radius 3 is 2.48 bits per heavy atom. The van der Waals surface area contributed by atoms with Crippen LogP contribution in [0.25, 0.3) is 11.1 Å². The van der Waals surface area contributed by atoms with Crippen molar-refractivity contribution in [2.24, 2.45) is 0 Å². The molecular weight excluding hydrogens is 264 g/mol. The predicted octanol–water partition coefficient (Wildman–Crippen LogP) is 3.72. The Morgan fingerprint density at radius 2 is 1.71 bits per heavy atom. The first-order valence-electron chi connectivity index (χ1n) is 6.54. The molecule has 3 aromatic rings. The Balaban J connectivity index is 1.81. The molecule has 5 nitrogen and oxygen atoms in total. The van der Waals surface area contributed by atoms with E-state index in [9.17, 15) is 4.79 Å². The van der Waals surface area contributed by atoms with Crippen LogP contribution in [0.4, 0.5) is 16.2 Å². The lowest BCUT2D eigenvalue weighted by Crippen LogP contribution is -2.19. The minimum atomic E-state index is -0.306. The van der Waals surface area contributed by atoms with Crippen LogP contribution in [0.2, 0.25) is 0 Å². The van der Waals surface area contributed by atoms with Gasteiger partial charge in [0.15, 0.2) is 0 Å². The molecule has 0 unspecified atom stereocenters. The van der Waals surface area contributed by atoms with Crippen LogP contribution in [-0.2, 0) is 0 Å². The van der Waals surface area contributed by atoms with Crippen molar-refractivity contribution in [1.29, 1.82) is 0 Å². The number of aromatic nitrogens is 2. The molecular formula is C16H14N4O. The van der Waals surface area contributed by atoms with Gasteiger partial charge in [0.2, 0.25) is 0 Å². The summed E-state index contributed by atoms with van der Waals surface area (Å²) in [6.45, 7) is 0. The number of hydrogen-bond acceptors (Lipinski definition) is 2. The molecule has 104 valence electrons. The van der Waals surface area contributed by atoms with Gasteiger partial charge in [-0.05, 0) is 11.6 Å². The molecule has 0 bridgehead atoms. The molecule has 0 radical (unpaired) electrons. The number of carbonyl (C=O) groups is 1. The number of H-pyrrole nitrogens is 1. The number of amides is 2. The van der Waals surface area contributed by atoms with Crippen LogP contribution in [0, 0.1) is 0 Å². The number of anilines is 2. The van der Waals surface area contributed by atoms with Gasteiger partial charge < -0.3 is 10.6 Å². The van der Waals surface area contributed by atoms with Crippen LogP contribution in [0.1, 0.15) is 0 Å². The van der Waals surface area contributed by atoms with Gasteiger partial charge >= 0.3 is 6.03 Å². The smallest absolute Gasteiger partial charge is 0.307 e. The minimum Gasteiger partial charge on any atom is -0.307 e. The summed E-state index contributed by atoms with van der Waals surface area (Å²) in [6, 6.07) is 17.3. The van der Waals surface area contributed by atoms with Gasteiger partial charge in [0, 0.05) is 11.8 Å². The number of aromatic amines is 1. The predicted molar refractivity (Wildman–Crippen MR) is 83.1 cm³/mol. The molecule has 0 aliphatic heterocycles. The third kappa shape index (κ3) is 3.09. The van der Waals surface area contributed by atoms with Gasteiger partial charge in [-0.1, -0.05) is 48.5 Å². The first-order valence-corrected chi connectivity index (χ1v) is 6.54. The molecule has 0 spiro atoms. The average Bonchev–Trinajstić information content (AvgIpc) is 3.01. The quantitative estimate of drug-likeness (QED) is 0.683. The van der Waals surface area contributed by atoms with Gasteiger partial charge in [-0.3, -0.25) is 5.10 Å². The number of nitrogens with zero attached hydrogens (tertiary/aromatic N) is 1. The molecule has 2 aromatic carbocycles. The van der Waals surface area contributed by atoms with E-state index in [0.29, 0.717) is 5.69 Å². The van der Waals surface area contributed by atoms with Gasteiger partial charge in [-0.2, -0.15) is 5.10 Å². The molecule has 2 amide bonds. The van der Waals surface area contributed by atoms with Crippen LogP contribution in [0.15, 0.2) is 67.0 Å². The van der Waals surface area contributed by atoms with Crippen molar-refractivity contribution >= 4 is 17.4 Å². The fourth-order valence-electron chi connectivity index (χ4n) is 2.07. The number of carbonyl (C=O) groups excluding carboxylic acids is 1. The van der Waals surface area contributed by atoms with E-state index in [0.717, 1.165) is 16.8 Å². The fourth-order valence-corrected chi connectivity index (χ4v) is 2.07. The van der Waals surface area contributed by atoms with Crippen molar-refractivity contribution < 1.29 is 4.79 Å². The molecule has 0 aliphatic rings. The molecule has 0 saturated carbocycles. The Kier molecular flexibility index (Phi) is 3.64. The second-order valence-corrected chi connectivity index (χ2v) is 4.48. The summed E-state index contributed by atoms with van der Waals surface area (Å²) < 4.78 is 0. The van der Waals surface area contributed by atoms with Crippen molar-refractivity contribution in [1.82, 2.24) is 10.2 Å². The van der Waals surface area contributed by atoms with E-state index in [4.69, 9.17) is 0 Å². The first-order chi connectivity index (χ1) is 10.3. The normalized spacial score (nSPS) is 10.1. The highest BCUT2D eigenvalue weighted by atomic mass is 16.2. The molecule has 0 aliphatic carbocycles. The van der Waals surface area contributed by atoms with E-state index in [-0.39, 0.29) is 6.03 Å². The van der Waals surface area contributed by atoms with E-state index in [2.05, 4.69) is 20.8 Å². The lowest BCUT2D eigenvalue weighted by atomic mass is 10.0. The topological polar surface area (TPSA) is 69.8 Å². The maximum Gasteiger partial charge on any atom is 0.323 e. The zero-order valence-electron chi connectivity index (χ0n) is 11.2. The lowest BCUT2D eigenvalue weighted by Gasteiger charge is -2.11. The zero-order valence-corrected chi connectivity index (χ0v) is 11.2. The van der Waals surface area contributed by atoms with E-state index >= 15 is 0 Å². The summed E-state index contributed by atoms with van der Waals surface area (Å²) in [5.41, 5.74) is 3.39. The van der Waals surface area contributed by atoms with Crippen LogP contribution < -0.4 is 10.6 Å². The minimum absolute atomic E-state index is 0.306. The van der Waals surface area contributed by atoms with Gasteiger partial charge in [-0.25, -0.2) is 4.79 Å². The molecule has 0 saturated heterocycles. The third-order valence-electron chi connectivity index (χ3n) is 3.02. The third-order valence-corrected chi connectivity index (χ3v) is 3.02. The molecule has 0 atom stereocenters. The molecule has 3 N–H and O–H groups in total. The van der Waals surface area contributed by atoms with Crippen molar-refractivity contribution in [3.63, 3.8) is 0 Å². The van der Waals surface area contributed by atoms with Crippen molar-refractivity contribution in [3.05, 3.63) is 67.0 Å². The number of rotatable bonds is 3. The van der Waals surface area contributed by atoms with E-state index in [1.165, 1.54) is 0 Å². The highest BCUT2D eigenvalue weighted by Crippen LogP contribution is 2.27. The monoisotopic (exact) mass is 278 g/mol.